The van der Waals surface area contributed by atoms with Crippen molar-refractivity contribution in [2.45, 2.75) is 18.9 Å². The minimum atomic E-state index is -1.06. The number of methoxy groups -OCH3 is 1. The van der Waals surface area contributed by atoms with Crippen LogP contribution >= 0.6 is 23.2 Å². The molecule has 0 aliphatic rings. The molecular weight excluding hydrogens is 315 g/mol. The summed E-state index contributed by atoms with van der Waals surface area (Å²) in [5.74, 6) is -0.440. The Bertz CT molecular complexity index is 561. The summed E-state index contributed by atoms with van der Waals surface area (Å²) in [6, 6.07) is 4.97. The fraction of sp³-hybridized carbons (Fsp3) is 0.462. The molecule has 6 nitrogen and oxygen atoms in total. The minimum Gasteiger partial charge on any atom is -0.467 e. The second kappa shape index (κ2) is 8.10. The van der Waals surface area contributed by atoms with E-state index in [1.807, 2.05) is 0 Å². The molecule has 8 heteroatoms. The third-order valence-electron chi connectivity index (χ3n) is 3.07. The number of azide groups is 1. The molecule has 1 aromatic rings. The van der Waals surface area contributed by atoms with Crippen molar-refractivity contribution in [3.63, 3.8) is 0 Å². The summed E-state index contributed by atoms with van der Waals surface area (Å²) in [6.07, 6.45) is 0.595. The molecule has 1 aromatic carbocycles. The maximum absolute atomic E-state index is 12.1. The van der Waals surface area contributed by atoms with Crippen LogP contribution in [-0.4, -0.2) is 26.2 Å². The first kappa shape index (κ1) is 17.6. The average molecular weight is 331 g/mol. The first-order valence-electron chi connectivity index (χ1n) is 6.25. The number of benzene rings is 1. The molecule has 0 saturated carbocycles. The third kappa shape index (κ3) is 4.51. The zero-order valence-electron chi connectivity index (χ0n) is 11.8. The molecule has 0 bridgehead atoms. The van der Waals surface area contributed by atoms with Crippen LogP contribution in [0.3, 0.4) is 0 Å². The van der Waals surface area contributed by atoms with Crippen LogP contribution in [-0.2, 0) is 15.1 Å². The molecule has 21 heavy (non-hydrogen) atoms. The molecular formula is C13H16Cl2N4O2. The van der Waals surface area contributed by atoms with Gasteiger partial charge in [-0.15, -0.1) is 0 Å². The molecule has 1 rings (SSSR count). The number of esters is 1. The van der Waals surface area contributed by atoms with Gasteiger partial charge in [-0.05, 0) is 43.1 Å². The second-order valence-corrected chi connectivity index (χ2v) is 5.29. The quantitative estimate of drug-likeness (QED) is 0.272. The molecule has 0 aliphatic carbocycles. The van der Waals surface area contributed by atoms with Crippen molar-refractivity contribution in [1.82, 2.24) is 5.32 Å². The van der Waals surface area contributed by atoms with Crippen molar-refractivity contribution in [3.8, 4) is 0 Å². The molecule has 1 unspecified atom stereocenters. The summed E-state index contributed by atoms with van der Waals surface area (Å²) in [5, 5.41) is 7.32. The van der Waals surface area contributed by atoms with E-state index >= 15 is 0 Å². The molecule has 0 spiro atoms. The van der Waals surface area contributed by atoms with Crippen LogP contribution in [0.1, 0.15) is 18.9 Å². The Morgan fingerprint density at radius 2 is 2.19 bits per heavy atom. The maximum Gasteiger partial charge on any atom is 0.330 e. The van der Waals surface area contributed by atoms with Crippen molar-refractivity contribution >= 4 is 29.2 Å². The van der Waals surface area contributed by atoms with Crippen molar-refractivity contribution in [1.29, 1.82) is 0 Å². The number of nitrogens with zero attached hydrogens (tertiary/aromatic N) is 3. The summed E-state index contributed by atoms with van der Waals surface area (Å²) in [5.41, 5.74) is 7.81. The fourth-order valence-corrected chi connectivity index (χ4v) is 2.13. The molecule has 0 heterocycles. The van der Waals surface area contributed by atoms with Gasteiger partial charge in [-0.1, -0.05) is 34.4 Å². The standard InChI is InChI=1S/C13H16Cl2N4O2/c1-13(12(20)21-2,17-6-3-7-18-19-16)9-4-5-10(14)11(15)8-9/h4-5,8,17H,3,6-7H2,1-2H3. The van der Waals surface area contributed by atoms with Crippen LogP contribution < -0.4 is 5.32 Å². The number of halogens is 2. The van der Waals surface area contributed by atoms with Gasteiger partial charge in [-0.3, -0.25) is 5.32 Å². The largest absolute Gasteiger partial charge is 0.467 e. The van der Waals surface area contributed by atoms with Gasteiger partial charge >= 0.3 is 5.97 Å². The molecule has 1 atom stereocenters. The Labute approximate surface area is 133 Å². The Morgan fingerprint density at radius 3 is 2.76 bits per heavy atom. The first-order valence-corrected chi connectivity index (χ1v) is 7.01. The second-order valence-electron chi connectivity index (χ2n) is 4.48. The van der Waals surface area contributed by atoms with E-state index in [0.29, 0.717) is 35.1 Å². The van der Waals surface area contributed by atoms with Gasteiger partial charge in [0.15, 0.2) is 0 Å². The molecule has 0 fully saturated rings. The highest BCUT2D eigenvalue weighted by molar-refractivity contribution is 6.42. The lowest BCUT2D eigenvalue weighted by atomic mass is 9.92. The van der Waals surface area contributed by atoms with Gasteiger partial charge in [0.05, 0.1) is 17.2 Å². The van der Waals surface area contributed by atoms with Crippen LogP contribution in [0.5, 0.6) is 0 Å². The molecule has 0 amide bonds. The summed E-state index contributed by atoms with van der Waals surface area (Å²) in [4.78, 5) is 14.8. The number of ether oxygens (including phenoxy) is 1. The van der Waals surface area contributed by atoms with Crippen LogP contribution in [0, 0.1) is 0 Å². The first-order chi connectivity index (χ1) is 9.95. The lowest BCUT2D eigenvalue weighted by molar-refractivity contribution is -0.148. The number of carbonyl (C=O) groups is 1. The molecule has 0 saturated heterocycles. The summed E-state index contributed by atoms with van der Waals surface area (Å²) in [6.45, 7) is 2.53. The molecule has 0 aliphatic heterocycles. The summed E-state index contributed by atoms with van der Waals surface area (Å²) < 4.78 is 4.86. The van der Waals surface area contributed by atoms with Gasteiger partial charge in [0.1, 0.15) is 5.54 Å². The van der Waals surface area contributed by atoms with Crippen molar-refractivity contribution in [2.75, 3.05) is 20.2 Å². The van der Waals surface area contributed by atoms with Gasteiger partial charge in [0.2, 0.25) is 0 Å². The zero-order chi connectivity index (χ0) is 15.9. The topological polar surface area (TPSA) is 87.1 Å². The zero-order valence-corrected chi connectivity index (χ0v) is 13.3. The molecule has 114 valence electrons. The Kier molecular flexibility index (Phi) is 6.78. The van der Waals surface area contributed by atoms with Gasteiger partial charge in [0, 0.05) is 11.5 Å². The van der Waals surface area contributed by atoms with E-state index in [9.17, 15) is 4.79 Å². The minimum absolute atomic E-state index is 0.349. The molecule has 0 radical (unpaired) electrons. The van der Waals surface area contributed by atoms with Crippen LogP contribution in [0.25, 0.3) is 10.4 Å². The lowest BCUT2D eigenvalue weighted by Crippen LogP contribution is -2.47. The fourth-order valence-electron chi connectivity index (χ4n) is 1.84. The summed E-state index contributed by atoms with van der Waals surface area (Å²) >= 11 is 11.9. The van der Waals surface area contributed by atoms with Crippen LogP contribution in [0.2, 0.25) is 10.0 Å². The van der Waals surface area contributed by atoms with E-state index in [1.165, 1.54) is 7.11 Å². The lowest BCUT2D eigenvalue weighted by Gasteiger charge is -2.29. The highest BCUT2D eigenvalue weighted by atomic mass is 35.5. The van der Waals surface area contributed by atoms with Crippen LogP contribution in [0.4, 0.5) is 0 Å². The van der Waals surface area contributed by atoms with E-state index < -0.39 is 11.5 Å². The van der Waals surface area contributed by atoms with Crippen molar-refractivity contribution < 1.29 is 9.53 Å². The smallest absolute Gasteiger partial charge is 0.330 e. The Hall–Kier alpha value is -1.46. The van der Waals surface area contributed by atoms with Gasteiger partial charge in [0.25, 0.3) is 0 Å². The Balaban J connectivity index is 2.94. The number of rotatable bonds is 7. The number of hydrogen-bond donors (Lipinski definition) is 1. The van der Waals surface area contributed by atoms with E-state index in [4.69, 9.17) is 33.5 Å². The predicted molar refractivity (Wildman–Crippen MR) is 82.5 cm³/mol. The number of nitrogens with one attached hydrogen (secondary N) is 1. The van der Waals surface area contributed by atoms with Gasteiger partial charge in [-0.2, -0.15) is 0 Å². The average Bonchev–Trinajstić information content (AvgIpc) is 2.48. The third-order valence-corrected chi connectivity index (χ3v) is 3.81. The van der Waals surface area contributed by atoms with Crippen LogP contribution in [0.15, 0.2) is 23.3 Å². The van der Waals surface area contributed by atoms with Crippen molar-refractivity contribution in [2.24, 2.45) is 5.11 Å². The van der Waals surface area contributed by atoms with E-state index in [-0.39, 0.29) is 0 Å². The summed E-state index contributed by atoms with van der Waals surface area (Å²) in [7, 11) is 1.32. The molecule has 0 aromatic heterocycles. The number of hydrogen-bond acceptors (Lipinski definition) is 4. The predicted octanol–water partition coefficient (Wildman–Crippen LogP) is 3.67. The maximum atomic E-state index is 12.1. The van der Waals surface area contributed by atoms with E-state index in [2.05, 4.69) is 15.3 Å². The monoisotopic (exact) mass is 330 g/mol. The van der Waals surface area contributed by atoms with Gasteiger partial charge < -0.3 is 4.74 Å². The Morgan fingerprint density at radius 1 is 1.48 bits per heavy atom. The van der Waals surface area contributed by atoms with Crippen molar-refractivity contribution in [3.05, 3.63) is 44.3 Å². The van der Waals surface area contributed by atoms with E-state index in [1.54, 1.807) is 25.1 Å². The highest BCUT2D eigenvalue weighted by Gasteiger charge is 2.36. The number of carbonyl (C=O) groups excluding carboxylic acids is 1. The normalized spacial score (nSPS) is 13.1. The van der Waals surface area contributed by atoms with Gasteiger partial charge in [-0.25, -0.2) is 4.79 Å². The molecule has 1 N–H and O–H groups in total. The SMILES string of the molecule is COC(=O)C(C)(NCCCN=[N+]=[N-])c1ccc(Cl)c(Cl)c1. The highest BCUT2D eigenvalue weighted by Crippen LogP contribution is 2.29. The van der Waals surface area contributed by atoms with E-state index in [0.717, 1.165) is 0 Å².